The first kappa shape index (κ1) is 8.28. The first-order valence-corrected chi connectivity index (χ1v) is 5.97. The molecule has 3 aliphatic rings. The van der Waals surface area contributed by atoms with Gasteiger partial charge >= 0.3 is 0 Å². The molecule has 3 saturated carbocycles. The van der Waals surface area contributed by atoms with Crippen LogP contribution < -0.4 is 5.32 Å². The molecule has 0 radical (unpaired) electrons. The fourth-order valence-electron chi connectivity index (χ4n) is 4.78. The van der Waals surface area contributed by atoms with Crippen molar-refractivity contribution in [2.45, 2.75) is 38.6 Å². The third-order valence-corrected chi connectivity index (χ3v) is 5.08. The zero-order valence-corrected chi connectivity index (χ0v) is 8.79. The zero-order chi connectivity index (χ0) is 9.00. The standard InChI is InChI=1S/C12H21N/c1-7-3-9-4-8-5-10(9)11(6-8)12(7)13-2/h7-13H,3-6H2,1-2H3. The fourth-order valence-corrected chi connectivity index (χ4v) is 4.78. The minimum absolute atomic E-state index is 0.839. The molecular weight excluding hydrogens is 158 g/mol. The Morgan fingerprint density at radius 2 is 1.77 bits per heavy atom. The van der Waals surface area contributed by atoms with E-state index in [2.05, 4.69) is 19.3 Å². The van der Waals surface area contributed by atoms with Crippen molar-refractivity contribution in [3.63, 3.8) is 0 Å². The number of hydrogen-bond donors (Lipinski definition) is 1. The highest BCUT2D eigenvalue weighted by Gasteiger charge is 2.52. The molecule has 0 aromatic rings. The van der Waals surface area contributed by atoms with E-state index in [1.807, 2.05) is 0 Å². The molecule has 2 bridgehead atoms. The summed E-state index contributed by atoms with van der Waals surface area (Å²) in [5.74, 6) is 5.30. The molecule has 1 heteroatoms. The van der Waals surface area contributed by atoms with Crippen LogP contribution in [0.15, 0.2) is 0 Å². The lowest BCUT2D eigenvalue weighted by atomic mass is 9.65. The van der Waals surface area contributed by atoms with Crippen LogP contribution in [0, 0.1) is 29.6 Å². The summed E-state index contributed by atoms with van der Waals surface area (Å²) in [5, 5.41) is 3.57. The van der Waals surface area contributed by atoms with Crippen molar-refractivity contribution in [2.75, 3.05) is 7.05 Å². The van der Waals surface area contributed by atoms with Crippen molar-refractivity contribution in [1.82, 2.24) is 5.32 Å². The summed E-state index contributed by atoms with van der Waals surface area (Å²) in [4.78, 5) is 0. The summed E-state index contributed by atoms with van der Waals surface area (Å²) < 4.78 is 0. The fraction of sp³-hybridized carbons (Fsp3) is 1.00. The van der Waals surface area contributed by atoms with Gasteiger partial charge in [0.2, 0.25) is 0 Å². The Labute approximate surface area is 81.3 Å². The van der Waals surface area contributed by atoms with Crippen molar-refractivity contribution in [3.05, 3.63) is 0 Å². The van der Waals surface area contributed by atoms with E-state index in [4.69, 9.17) is 0 Å². The Balaban J connectivity index is 1.86. The summed E-state index contributed by atoms with van der Waals surface area (Å²) in [6.45, 7) is 2.45. The molecule has 0 aromatic carbocycles. The van der Waals surface area contributed by atoms with Crippen LogP contribution in [0.3, 0.4) is 0 Å². The van der Waals surface area contributed by atoms with Crippen LogP contribution in [0.5, 0.6) is 0 Å². The minimum Gasteiger partial charge on any atom is -0.316 e. The van der Waals surface area contributed by atoms with Gasteiger partial charge in [-0.2, -0.15) is 0 Å². The Kier molecular flexibility index (Phi) is 1.74. The second-order valence-electron chi connectivity index (χ2n) is 5.69. The van der Waals surface area contributed by atoms with Crippen LogP contribution in [0.4, 0.5) is 0 Å². The van der Waals surface area contributed by atoms with E-state index in [1.54, 1.807) is 12.8 Å². The van der Waals surface area contributed by atoms with E-state index >= 15 is 0 Å². The predicted molar refractivity (Wildman–Crippen MR) is 54.4 cm³/mol. The van der Waals surface area contributed by atoms with E-state index in [0.717, 1.165) is 35.6 Å². The molecule has 0 saturated heterocycles. The Morgan fingerprint density at radius 1 is 1.00 bits per heavy atom. The van der Waals surface area contributed by atoms with E-state index in [9.17, 15) is 0 Å². The van der Waals surface area contributed by atoms with E-state index < -0.39 is 0 Å². The third kappa shape index (κ3) is 1.03. The molecule has 0 aromatic heterocycles. The molecule has 74 valence electrons. The van der Waals surface area contributed by atoms with Crippen LogP contribution in [-0.4, -0.2) is 13.1 Å². The van der Waals surface area contributed by atoms with Crippen molar-refractivity contribution in [1.29, 1.82) is 0 Å². The van der Waals surface area contributed by atoms with Crippen LogP contribution >= 0.6 is 0 Å². The van der Waals surface area contributed by atoms with E-state index in [0.29, 0.717) is 0 Å². The number of rotatable bonds is 1. The van der Waals surface area contributed by atoms with Crippen LogP contribution in [0.1, 0.15) is 32.6 Å². The maximum absolute atomic E-state index is 3.57. The lowest BCUT2D eigenvalue weighted by Crippen LogP contribution is -2.48. The molecular formula is C12H21N. The lowest BCUT2D eigenvalue weighted by molar-refractivity contribution is 0.0803. The third-order valence-electron chi connectivity index (χ3n) is 5.08. The summed E-state index contributed by atoms with van der Waals surface area (Å²) >= 11 is 0. The van der Waals surface area contributed by atoms with Crippen molar-refractivity contribution < 1.29 is 0 Å². The first-order valence-electron chi connectivity index (χ1n) is 5.97. The number of nitrogens with one attached hydrogen (secondary N) is 1. The molecule has 3 rings (SSSR count). The highest BCUT2D eigenvalue weighted by Crippen LogP contribution is 2.58. The van der Waals surface area contributed by atoms with Gasteiger partial charge in [-0.15, -0.1) is 0 Å². The molecule has 1 N–H and O–H groups in total. The predicted octanol–water partition coefficient (Wildman–Crippen LogP) is 2.28. The molecule has 1 nitrogen and oxygen atoms in total. The van der Waals surface area contributed by atoms with Crippen molar-refractivity contribution >= 4 is 0 Å². The van der Waals surface area contributed by atoms with Crippen LogP contribution in [0.25, 0.3) is 0 Å². The van der Waals surface area contributed by atoms with Crippen molar-refractivity contribution in [3.8, 4) is 0 Å². The molecule has 0 heterocycles. The van der Waals surface area contributed by atoms with Gasteiger partial charge < -0.3 is 5.32 Å². The van der Waals surface area contributed by atoms with Gasteiger partial charge in [-0.3, -0.25) is 0 Å². The monoisotopic (exact) mass is 179 g/mol. The van der Waals surface area contributed by atoms with Crippen molar-refractivity contribution in [2.24, 2.45) is 29.6 Å². The number of hydrogen-bond acceptors (Lipinski definition) is 1. The lowest BCUT2D eigenvalue weighted by Gasteiger charge is -2.44. The zero-order valence-electron chi connectivity index (χ0n) is 8.79. The quantitative estimate of drug-likeness (QED) is 0.651. The molecule has 13 heavy (non-hydrogen) atoms. The first-order chi connectivity index (χ1) is 6.29. The van der Waals surface area contributed by atoms with Gasteiger partial charge in [0.25, 0.3) is 0 Å². The second kappa shape index (κ2) is 2.73. The van der Waals surface area contributed by atoms with E-state index in [-0.39, 0.29) is 0 Å². The highest BCUT2D eigenvalue weighted by molar-refractivity contribution is 5.04. The maximum Gasteiger partial charge on any atom is 0.0121 e. The molecule has 6 atom stereocenters. The summed E-state index contributed by atoms with van der Waals surface area (Å²) in [6, 6.07) is 0.839. The molecule has 3 fully saturated rings. The maximum atomic E-state index is 3.57. The SMILES string of the molecule is CNC1C(C)CC2CC3CC2C1C3. The highest BCUT2D eigenvalue weighted by atomic mass is 14.9. The molecule has 0 spiro atoms. The van der Waals surface area contributed by atoms with Gasteiger partial charge in [0.05, 0.1) is 0 Å². The Bertz CT molecular complexity index is 213. The summed E-state index contributed by atoms with van der Waals surface area (Å²) in [7, 11) is 2.16. The van der Waals surface area contributed by atoms with Gasteiger partial charge in [0.1, 0.15) is 0 Å². The second-order valence-corrected chi connectivity index (χ2v) is 5.69. The smallest absolute Gasteiger partial charge is 0.0121 e. The molecule has 0 aliphatic heterocycles. The molecule has 3 aliphatic carbocycles. The Morgan fingerprint density at radius 3 is 2.46 bits per heavy atom. The minimum atomic E-state index is 0.839. The average molecular weight is 179 g/mol. The van der Waals surface area contributed by atoms with Gasteiger partial charge in [-0.05, 0) is 62.3 Å². The normalized spacial score (nSPS) is 58.6. The van der Waals surface area contributed by atoms with Gasteiger partial charge in [0.15, 0.2) is 0 Å². The average Bonchev–Trinajstić information content (AvgIpc) is 2.62. The molecule has 0 amide bonds. The van der Waals surface area contributed by atoms with E-state index in [1.165, 1.54) is 12.8 Å². The molecule has 6 unspecified atom stereocenters. The van der Waals surface area contributed by atoms with Gasteiger partial charge in [-0.1, -0.05) is 6.92 Å². The van der Waals surface area contributed by atoms with Gasteiger partial charge in [-0.25, -0.2) is 0 Å². The largest absolute Gasteiger partial charge is 0.316 e. The van der Waals surface area contributed by atoms with Crippen LogP contribution in [0.2, 0.25) is 0 Å². The van der Waals surface area contributed by atoms with Gasteiger partial charge in [0, 0.05) is 6.04 Å². The van der Waals surface area contributed by atoms with Crippen LogP contribution in [-0.2, 0) is 0 Å². The Hall–Kier alpha value is -0.0400. The number of fused-ring (bicyclic) bond motifs is 1. The summed E-state index contributed by atoms with van der Waals surface area (Å²) in [5.41, 5.74) is 0. The topological polar surface area (TPSA) is 12.0 Å². The summed E-state index contributed by atoms with van der Waals surface area (Å²) in [6.07, 6.45) is 6.18.